The van der Waals surface area contributed by atoms with E-state index in [-0.39, 0.29) is 19.1 Å². The molecule has 8 heteroatoms. The van der Waals surface area contributed by atoms with Crippen LogP contribution in [0, 0.1) is 13.8 Å². The van der Waals surface area contributed by atoms with Crippen molar-refractivity contribution in [1.29, 1.82) is 0 Å². The van der Waals surface area contributed by atoms with E-state index in [9.17, 15) is 13.2 Å². The number of aromatic nitrogens is 1. The molecule has 1 aromatic heterocycles. The van der Waals surface area contributed by atoms with E-state index in [2.05, 4.69) is 5.16 Å². The van der Waals surface area contributed by atoms with Crippen LogP contribution in [-0.4, -0.2) is 24.5 Å². The van der Waals surface area contributed by atoms with Gasteiger partial charge in [0.1, 0.15) is 6.61 Å². The topological polar surface area (TPSA) is 47.7 Å². The fraction of sp³-hybridized carbons (Fsp3) is 0.345. The third-order valence-electron chi connectivity index (χ3n) is 6.63. The summed E-state index contributed by atoms with van der Waals surface area (Å²) in [5.41, 5.74) is 5.76. The minimum absolute atomic E-state index is 0.103. The molecule has 1 atom stereocenters. The van der Waals surface area contributed by atoms with Crippen molar-refractivity contribution in [2.45, 2.75) is 59.4 Å². The summed E-state index contributed by atoms with van der Waals surface area (Å²) in [4.78, 5) is 2.00. The highest BCUT2D eigenvalue weighted by Gasteiger charge is 2.32. The Morgan fingerprint density at radius 2 is 1.78 bits per heavy atom. The number of anilines is 1. The van der Waals surface area contributed by atoms with Crippen molar-refractivity contribution < 1.29 is 27.2 Å². The van der Waals surface area contributed by atoms with Crippen molar-refractivity contribution in [3.8, 4) is 11.1 Å². The van der Waals surface area contributed by atoms with Crippen LogP contribution in [0.1, 0.15) is 42.7 Å². The Morgan fingerprint density at radius 1 is 1.05 bits per heavy atom. The molecule has 4 rings (SSSR count). The minimum Gasteiger partial charge on any atom is -0.495 e. The van der Waals surface area contributed by atoms with E-state index in [4.69, 9.17) is 14.0 Å². The van der Waals surface area contributed by atoms with Crippen molar-refractivity contribution in [3.63, 3.8) is 0 Å². The summed E-state index contributed by atoms with van der Waals surface area (Å²) in [5.74, 6) is 1.84. The van der Waals surface area contributed by atoms with Crippen LogP contribution in [-0.2, 0) is 22.5 Å². The highest BCUT2D eigenvalue weighted by atomic mass is 19.4. The minimum atomic E-state index is -4.23. The molecular weight excluding hydrogens is 481 g/mol. The van der Waals surface area contributed by atoms with Gasteiger partial charge in [-0.3, -0.25) is 0 Å². The van der Waals surface area contributed by atoms with Crippen molar-refractivity contribution in [3.05, 3.63) is 94.2 Å². The average molecular weight is 513 g/mol. The van der Waals surface area contributed by atoms with Gasteiger partial charge in [-0.1, -0.05) is 53.7 Å². The van der Waals surface area contributed by atoms with Gasteiger partial charge in [0.15, 0.2) is 11.5 Å². The van der Waals surface area contributed by atoms with E-state index in [1.807, 2.05) is 81.1 Å². The summed E-state index contributed by atoms with van der Waals surface area (Å²) in [7, 11) is 1.59. The van der Waals surface area contributed by atoms with Gasteiger partial charge < -0.3 is 18.9 Å². The van der Waals surface area contributed by atoms with Gasteiger partial charge in [0.2, 0.25) is 5.88 Å². The number of nitrogens with zero attached hydrogens (tertiary/aromatic N) is 2. The Hall–Kier alpha value is -3.68. The fourth-order valence-electron chi connectivity index (χ4n) is 4.59. The van der Waals surface area contributed by atoms with Crippen molar-refractivity contribution in [2.24, 2.45) is 0 Å². The number of aryl methyl sites for hydroxylation is 2. The number of benzene rings is 2. The number of hydrogen-bond acceptors (Lipinski definition) is 5. The molecule has 0 amide bonds. The van der Waals surface area contributed by atoms with Crippen LogP contribution < -0.4 is 4.90 Å². The van der Waals surface area contributed by atoms with E-state index in [0.717, 1.165) is 33.6 Å². The summed E-state index contributed by atoms with van der Waals surface area (Å²) in [5, 5.41) is 4.07. The Morgan fingerprint density at radius 3 is 2.41 bits per heavy atom. The lowest BCUT2D eigenvalue weighted by atomic mass is 9.94. The summed E-state index contributed by atoms with van der Waals surface area (Å²) in [6.07, 6.45) is -3.34. The number of methoxy groups -OCH3 is 1. The molecule has 1 aliphatic rings. The number of halogens is 3. The van der Waals surface area contributed by atoms with Crippen molar-refractivity contribution in [1.82, 2.24) is 5.16 Å². The second-order valence-electron chi connectivity index (χ2n) is 9.22. The number of ether oxygens (including phenoxy) is 2. The Labute approximate surface area is 215 Å². The fourth-order valence-corrected chi connectivity index (χ4v) is 4.59. The molecule has 2 aromatic carbocycles. The zero-order valence-corrected chi connectivity index (χ0v) is 21.6. The molecule has 0 saturated heterocycles. The molecule has 2 heterocycles. The number of hydrogen-bond donors (Lipinski definition) is 0. The van der Waals surface area contributed by atoms with Gasteiger partial charge in [0, 0.05) is 23.8 Å². The molecular formula is C29H31F3N2O3. The maximum absolute atomic E-state index is 13.0. The first kappa shape index (κ1) is 26.4. The van der Waals surface area contributed by atoms with Gasteiger partial charge in [-0.25, -0.2) is 0 Å². The number of allylic oxidation sites excluding steroid dienone is 2. The van der Waals surface area contributed by atoms with Crippen LogP contribution in [0.4, 0.5) is 19.1 Å². The Balaban J connectivity index is 1.58. The van der Waals surface area contributed by atoms with Crippen LogP contribution >= 0.6 is 0 Å². The van der Waals surface area contributed by atoms with Gasteiger partial charge in [-0.15, -0.1) is 0 Å². The molecule has 5 nitrogen and oxygen atoms in total. The van der Waals surface area contributed by atoms with E-state index in [1.165, 1.54) is 0 Å². The van der Waals surface area contributed by atoms with E-state index in [0.29, 0.717) is 23.0 Å². The van der Waals surface area contributed by atoms with E-state index < -0.39 is 12.6 Å². The lowest BCUT2D eigenvalue weighted by Crippen LogP contribution is -2.37. The molecule has 1 unspecified atom stereocenters. The molecule has 37 heavy (non-hydrogen) atoms. The SMILES string of the molecule is COC1=C(OCc2ccc(-c3ccccc3)c(CCC(F)(F)F)c2)C=C(C)N(c2onc(C)c2C)C1C. The highest BCUT2D eigenvalue weighted by molar-refractivity contribution is 5.68. The molecule has 0 bridgehead atoms. The number of alkyl halides is 3. The third-order valence-corrected chi connectivity index (χ3v) is 6.63. The second kappa shape index (κ2) is 10.7. The first-order chi connectivity index (χ1) is 17.6. The van der Waals surface area contributed by atoms with Gasteiger partial charge in [-0.2, -0.15) is 13.2 Å². The largest absolute Gasteiger partial charge is 0.495 e. The predicted molar refractivity (Wildman–Crippen MR) is 137 cm³/mol. The van der Waals surface area contributed by atoms with Crippen LogP contribution in [0.2, 0.25) is 0 Å². The van der Waals surface area contributed by atoms with E-state index >= 15 is 0 Å². The molecule has 0 radical (unpaired) electrons. The lowest BCUT2D eigenvalue weighted by molar-refractivity contribution is -0.133. The Kier molecular flexibility index (Phi) is 7.66. The van der Waals surface area contributed by atoms with E-state index in [1.54, 1.807) is 13.2 Å². The highest BCUT2D eigenvalue weighted by Crippen LogP contribution is 2.36. The molecule has 3 aromatic rings. The first-order valence-corrected chi connectivity index (χ1v) is 12.1. The summed E-state index contributed by atoms with van der Waals surface area (Å²) < 4.78 is 56.6. The van der Waals surface area contributed by atoms with Crippen LogP contribution in [0.5, 0.6) is 0 Å². The van der Waals surface area contributed by atoms with Gasteiger partial charge >= 0.3 is 6.18 Å². The number of rotatable bonds is 8. The average Bonchev–Trinajstić information content (AvgIpc) is 3.19. The van der Waals surface area contributed by atoms with Crippen LogP contribution in [0.3, 0.4) is 0 Å². The Bertz CT molecular complexity index is 1310. The molecule has 0 fully saturated rings. The van der Waals surface area contributed by atoms with Crippen molar-refractivity contribution in [2.75, 3.05) is 12.0 Å². The summed E-state index contributed by atoms with van der Waals surface area (Å²) in [6, 6.07) is 14.8. The standard InChI is InChI=1S/C29H31F3N2O3/c1-18-15-26(27(35-5)21(4)34(18)28-19(2)20(3)33-37-28)36-17-22-11-12-25(23-9-7-6-8-10-23)24(16-22)13-14-29(30,31)32/h6-12,15-16,21H,13-14,17H2,1-5H3. The molecule has 1 aliphatic heterocycles. The monoisotopic (exact) mass is 512 g/mol. The maximum atomic E-state index is 13.0. The zero-order valence-electron chi connectivity index (χ0n) is 21.6. The first-order valence-electron chi connectivity index (χ1n) is 12.1. The normalized spacial score (nSPS) is 16.2. The second-order valence-corrected chi connectivity index (χ2v) is 9.22. The molecule has 0 saturated carbocycles. The smallest absolute Gasteiger partial charge is 0.389 e. The lowest BCUT2D eigenvalue weighted by Gasteiger charge is -2.34. The molecule has 196 valence electrons. The van der Waals surface area contributed by atoms with Gasteiger partial charge in [-0.05, 0) is 56.4 Å². The predicted octanol–water partition coefficient (Wildman–Crippen LogP) is 7.64. The molecule has 0 N–H and O–H groups in total. The third kappa shape index (κ3) is 5.84. The zero-order chi connectivity index (χ0) is 26.7. The van der Waals surface area contributed by atoms with Crippen molar-refractivity contribution >= 4 is 5.88 Å². The quantitative estimate of drug-likeness (QED) is 0.310. The molecule has 0 spiro atoms. The molecule has 0 aliphatic carbocycles. The van der Waals surface area contributed by atoms with Crippen LogP contribution in [0.15, 0.2) is 76.3 Å². The summed E-state index contributed by atoms with van der Waals surface area (Å²) in [6.45, 7) is 7.98. The van der Waals surface area contributed by atoms with Gasteiger partial charge in [0.25, 0.3) is 0 Å². The van der Waals surface area contributed by atoms with Gasteiger partial charge in [0.05, 0.1) is 18.8 Å². The summed E-state index contributed by atoms with van der Waals surface area (Å²) >= 11 is 0. The maximum Gasteiger partial charge on any atom is 0.389 e. The van der Waals surface area contributed by atoms with Crippen LogP contribution in [0.25, 0.3) is 11.1 Å².